The number of hydrogen-bond donors (Lipinski definition) is 1. The van der Waals surface area contributed by atoms with Crippen molar-refractivity contribution in [2.45, 2.75) is 45.1 Å². The van der Waals surface area contributed by atoms with E-state index in [1.54, 1.807) is 17.5 Å². The van der Waals surface area contributed by atoms with Gasteiger partial charge in [-0.2, -0.15) is 0 Å². The summed E-state index contributed by atoms with van der Waals surface area (Å²) in [5.41, 5.74) is 0. The zero-order valence-electron chi connectivity index (χ0n) is 8.07. The third-order valence-corrected chi connectivity index (χ3v) is 2.84. The molecule has 1 N–H and O–H groups in total. The lowest BCUT2D eigenvalue weighted by atomic mass is 10.1. The van der Waals surface area contributed by atoms with E-state index in [1.165, 1.54) is 12.8 Å². The first-order valence-electron chi connectivity index (χ1n) is 4.89. The van der Waals surface area contributed by atoms with Crippen molar-refractivity contribution in [1.82, 2.24) is 4.98 Å². The maximum absolute atomic E-state index is 9.61. The monoisotopic (exact) mass is 199 g/mol. The third-order valence-electron chi connectivity index (χ3n) is 2.03. The summed E-state index contributed by atoms with van der Waals surface area (Å²) in [6.45, 7) is 2.17. The standard InChI is InChI=1S/C10H17NOS/c1-2-3-4-5-9(12)8-10-11-6-7-13-10/h6-7,9,12H,2-5,8H2,1H3. The number of hydrogen-bond acceptors (Lipinski definition) is 3. The Morgan fingerprint density at radius 3 is 3.00 bits per heavy atom. The molecule has 1 heterocycles. The van der Waals surface area contributed by atoms with Gasteiger partial charge in [0.05, 0.1) is 11.1 Å². The van der Waals surface area contributed by atoms with Crippen LogP contribution in [-0.2, 0) is 6.42 Å². The molecule has 13 heavy (non-hydrogen) atoms. The summed E-state index contributed by atoms with van der Waals surface area (Å²) in [5.74, 6) is 0. The van der Waals surface area contributed by atoms with Crippen molar-refractivity contribution in [2.75, 3.05) is 0 Å². The van der Waals surface area contributed by atoms with E-state index in [4.69, 9.17) is 0 Å². The quantitative estimate of drug-likeness (QED) is 0.714. The van der Waals surface area contributed by atoms with Gasteiger partial charge in [0.15, 0.2) is 0 Å². The zero-order chi connectivity index (χ0) is 9.52. The van der Waals surface area contributed by atoms with Gasteiger partial charge in [0.2, 0.25) is 0 Å². The number of nitrogens with zero attached hydrogens (tertiary/aromatic N) is 1. The minimum absolute atomic E-state index is 0.197. The SMILES string of the molecule is CCCCCC(O)Cc1nccs1. The summed E-state index contributed by atoms with van der Waals surface area (Å²) in [4.78, 5) is 4.14. The minimum Gasteiger partial charge on any atom is -0.393 e. The van der Waals surface area contributed by atoms with E-state index >= 15 is 0 Å². The first-order valence-corrected chi connectivity index (χ1v) is 5.77. The number of aliphatic hydroxyl groups excluding tert-OH is 1. The van der Waals surface area contributed by atoms with E-state index in [0.29, 0.717) is 0 Å². The normalized spacial score (nSPS) is 13.1. The number of unbranched alkanes of at least 4 members (excludes halogenated alkanes) is 2. The molecule has 0 saturated carbocycles. The molecule has 0 saturated heterocycles. The highest BCUT2D eigenvalue weighted by molar-refractivity contribution is 7.09. The number of aromatic nitrogens is 1. The molecule has 0 spiro atoms. The molecule has 1 unspecified atom stereocenters. The highest BCUT2D eigenvalue weighted by Gasteiger charge is 2.06. The molecule has 0 fully saturated rings. The van der Waals surface area contributed by atoms with Crippen LogP contribution in [0.4, 0.5) is 0 Å². The summed E-state index contributed by atoms with van der Waals surface area (Å²) in [6, 6.07) is 0. The average Bonchev–Trinajstić information content (AvgIpc) is 2.57. The average molecular weight is 199 g/mol. The lowest BCUT2D eigenvalue weighted by Gasteiger charge is -2.07. The van der Waals surface area contributed by atoms with Gasteiger partial charge in [0.25, 0.3) is 0 Å². The molecule has 0 aliphatic heterocycles. The zero-order valence-corrected chi connectivity index (χ0v) is 8.89. The Kier molecular flexibility index (Phi) is 5.01. The van der Waals surface area contributed by atoms with Gasteiger partial charge >= 0.3 is 0 Å². The van der Waals surface area contributed by atoms with Crippen LogP contribution < -0.4 is 0 Å². The first-order chi connectivity index (χ1) is 6.33. The molecular weight excluding hydrogens is 182 g/mol. The second kappa shape index (κ2) is 6.11. The second-order valence-corrected chi connectivity index (χ2v) is 4.26. The highest BCUT2D eigenvalue weighted by Crippen LogP contribution is 2.11. The van der Waals surface area contributed by atoms with Gasteiger partial charge in [-0.3, -0.25) is 0 Å². The van der Waals surface area contributed by atoms with Gasteiger partial charge in [0, 0.05) is 18.0 Å². The van der Waals surface area contributed by atoms with Crippen molar-refractivity contribution in [3.05, 3.63) is 16.6 Å². The van der Waals surface area contributed by atoms with E-state index in [1.807, 2.05) is 5.38 Å². The summed E-state index contributed by atoms with van der Waals surface area (Å²) >= 11 is 1.62. The largest absolute Gasteiger partial charge is 0.393 e. The number of aliphatic hydroxyl groups is 1. The Morgan fingerprint density at radius 1 is 1.54 bits per heavy atom. The van der Waals surface area contributed by atoms with Crippen molar-refractivity contribution >= 4 is 11.3 Å². The van der Waals surface area contributed by atoms with E-state index < -0.39 is 0 Å². The van der Waals surface area contributed by atoms with Crippen molar-refractivity contribution in [2.24, 2.45) is 0 Å². The van der Waals surface area contributed by atoms with Gasteiger partial charge in [-0.15, -0.1) is 11.3 Å². The fourth-order valence-corrected chi connectivity index (χ4v) is 1.98. The highest BCUT2D eigenvalue weighted by atomic mass is 32.1. The maximum Gasteiger partial charge on any atom is 0.0950 e. The molecule has 1 atom stereocenters. The lowest BCUT2D eigenvalue weighted by molar-refractivity contribution is 0.161. The smallest absolute Gasteiger partial charge is 0.0950 e. The van der Waals surface area contributed by atoms with Gasteiger partial charge < -0.3 is 5.11 Å². The van der Waals surface area contributed by atoms with Crippen LogP contribution in [0.5, 0.6) is 0 Å². The van der Waals surface area contributed by atoms with E-state index in [9.17, 15) is 5.11 Å². The Labute approximate surface area is 83.6 Å². The molecule has 2 nitrogen and oxygen atoms in total. The summed E-state index contributed by atoms with van der Waals surface area (Å²) in [6.07, 6.45) is 6.79. The van der Waals surface area contributed by atoms with Crippen molar-refractivity contribution in [3.8, 4) is 0 Å². The maximum atomic E-state index is 9.61. The van der Waals surface area contributed by atoms with Gasteiger partial charge in [-0.1, -0.05) is 26.2 Å². The number of rotatable bonds is 6. The Morgan fingerprint density at radius 2 is 2.38 bits per heavy atom. The summed E-state index contributed by atoms with van der Waals surface area (Å²) in [5, 5.41) is 12.6. The Hall–Kier alpha value is -0.410. The van der Waals surface area contributed by atoms with Crippen LogP contribution in [0.3, 0.4) is 0 Å². The van der Waals surface area contributed by atoms with E-state index in [0.717, 1.165) is 24.3 Å². The predicted octanol–water partition coefficient (Wildman–Crippen LogP) is 2.63. The Bertz CT molecular complexity index is 211. The molecule has 0 radical (unpaired) electrons. The molecule has 1 aromatic heterocycles. The predicted molar refractivity (Wildman–Crippen MR) is 56.0 cm³/mol. The second-order valence-electron chi connectivity index (χ2n) is 3.28. The van der Waals surface area contributed by atoms with Gasteiger partial charge in [-0.05, 0) is 6.42 Å². The molecule has 1 aromatic rings. The van der Waals surface area contributed by atoms with Crippen LogP contribution in [0, 0.1) is 0 Å². The van der Waals surface area contributed by atoms with Crippen LogP contribution in [0.2, 0.25) is 0 Å². The molecule has 74 valence electrons. The van der Waals surface area contributed by atoms with E-state index in [-0.39, 0.29) is 6.10 Å². The molecule has 3 heteroatoms. The molecule has 0 aromatic carbocycles. The Balaban J connectivity index is 2.14. The lowest BCUT2D eigenvalue weighted by Crippen LogP contribution is -2.09. The summed E-state index contributed by atoms with van der Waals surface area (Å²) < 4.78 is 0. The summed E-state index contributed by atoms with van der Waals surface area (Å²) in [7, 11) is 0. The van der Waals surface area contributed by atoms with Gasteiger partial charge in [-0.25, -0.2) is 4.98 Å². The van der Waals surface area contributed by atoms with Crippen LogP contribution in [0.25, 0.3) is 0 Å². The fraction of sp³-hybridized carbons (Fsp3) is 0.700. The minimum atomic E-state index is -0.197. The van der Waals surface area contributed by atoms with Crippen LogP contribution in [0.15, 0.2) is 11.6 Å². The third kappa shape index (κ3) is 4.39. The molecule has 0 amide bonds. The molecule has 0 bridgehead atoms. The molecule has 0 aliphatic carbocycles. The molecular formula is C10H17NOS. The number of thiazole rings is 1. The van der Waals surface area contributed by atoms with Crippen LogP contribution >= 0.6 is 11.3 Å². The van der Waals surface area contributed by atoms with Gasteiger partial charge in [0.1, 0.15) is 0 Å². The van der Waals surface area contributed by atoms with Crippen molar-refractivity contribution in [1.29, 1.82) is 0 Å². The van der Waals surface area contributed by atoms with Crippen molar-refractivity contribution in [3.63, 3.8) is 0 Å². The fourth-order valence-electron chi connectivity index (χ4n) is 1.29. The topological polar surface area (TPSA) is 33.1 Å². The first kappa shape index (κ1) is 10.7. The van der Waals surface area contributed by atoms with Crippen LogP contribution in [0.1, 0.15) is 37.6 Å². The van der Waals surface area contributed by atoms with Crippen LogP contribution in [-0.4, -0.2) is 16.2 Å². The molecule has 1 rings (SSSR count). The van der Waals surface area contributed by atoms with E-state index in [2.05, 4.69) is 11.9 Å². The molecule has 0 aliphatic rings. The van der Waals surface area contributed by atoms with Crippen molar-refractivity contribution < 1.29 is 5.11 Å².